The lowest BCUT2D eigenvalue weighted by atomic mass is 9.87. The number of thiazole rings is 1. The SMILES string of the molecule is CC[C@H]1CC1(NC(=O)[C@@H]1C[C@@H]2CN1C(=O)[C@H](C1CCCC1)NC(=O)OCC(C)(C)CCCc1cc3c(cc(OCc4csc(C)n4)nc3cc1OC)O2)C(=O)NS(=O)(=O)C1CC1. The fraction of sp³-hybridized carbons (Fsp3) is 0.636. The Labute approximate surface area is 366 Å². The van der Waals surface area contributed by atoms with Crippen molar-refractivity contribution in [2.45, 2.75) is 140 Å². The normalized spacial score (nSPS) is 26.8. The number of rotatable bonds is 11. The number of aromatic nitrogens is 2. The molecule has 2 aromatic heterocycles. The van der Waals surface area contributed by atoms with Crippen molar-refractivity contribution in [1.82, 2.24) is 30.2 Å². The van der Waals surface area contributed by atoms with Crippen LogP contribution >= 0.6 is 11.3 Å². The number of carbonyl (C=O) groups is 4. The molecule has 0 spiro atoms. The summed E-state index contributed by atoms with van der Waals surface area (Å²) in [6, 6.07) is 3.48. The van der Waals surface area contributed by atoms with Crippen molar-refractivity contribution in [2.24, 2.45) is 17.3 Å². The molecule has 3 aromatic rings. The van der Waals surface area contributed by atoms with E-state index in [1.54, 1.807) is 13.2 Å². The van der Waals surface area contributed by atoms with E-state index in [0.717, 1.165) is 41.9 Å². The van der Waals surface area contributed by atoms with Gasteiger partial charge in [0.25, 0.3) is 5.91 Å². The van der Waals surface area contributed by atoms with Crippen LogP contribution in [-0.4, -0.2) is 96.3 Å². The van der Waals surface area contributed by atoms with E-state index in [1.165, 1.54) is 16.2 Å². The molecule has 3 N–H and O–H groups in total. The average molecular weight is 895 g/mol. The van der Waals surface area contributed by atoms with Crippen molar-refractivity contribution in [3.8, 4) is 17.4 Å². The Morgan fingerprint density at radius 1 is 1.08 bits per heavy atom. The molecular weight excluding hydrogens is 837 g/mol. The molecule has 0 radical (unpaired) electrons. The summed E-state index contributed by atoms with van der Waals surface area (Å²) in [4.78, 5) is 67.8. The second kappa shape index (κ2) is 17.5. The monoisotopic (exact) mass is 894 g/mol. The third-order valence-corrected chi connectivity index (χ3v) is 15.8. The first kappa shape index (κ1) is 43.9. The summed E-state index contributed by atoms with van der Waals surface area (Å²) in [6.45, 7) is 8.15. The summed E-state index contributed by atoms with van der Waals surface area (Å²) in [5, 5.41) is 8.74. The highest BCUT2D eigenvalue weighted by molar-refractivity contribution is 7.91. The van der Waals surface area contributed by atoms with Crippen molar-refractivity contribution in [3.63, 3.8) is 0 Å². The number of hydrogen-bond acceptors (Lipinski definition) is 13. The fourth-order valence-corrected chi connectivity index (χ4v) is 11.3. The third kappa shape index (κ3) is 9.45. The zero-order valence-electron chi connectivity index (χ0n) is 36.1. The number of nitrogens with zero attached hydrogens (tertiary/aromatic N) is 3. The van der Waals surface area contributed by atoms with Gasteiger partial charge in [0.05, 0.1) is 41.7 Å². The van der Waals surface area contributed by atoms with Crippen molar-refractivity contribution in [3.05, 3.63) is 39.8 Å². The number of sulfonamides is 1. The number of benzene rings is 1. The molecule has 5 aliphatic rings. The molecule has 3 aliphatic carbocycles. The summed E-state index contributed by atoms with van der Waals surface area (Å²) in [5.41, 5.74) is 0.408. The minimum Gasteiger partial charge on any atom is -0.496 e. The first-order chi connectivity index (χ1) is 29.6. The van der Waals surface area contributed by atoms with Crippen LogP contribution in [0.15, 0.2) is 23.6 Å². The molecule has 3 saturated carbocycles. The Morgan fingerprint density at radius 2 is 1.85 bits per heavy atom. The third-order valence-electron chi connectivity index (χ3n) is 13.2. The molecule has 2 aliphatic heterocycles. The van der Waals surface area contributed by atoms with E-state index in [0.29, 0.717) is 60.9 Å². The van der Waals surface area contributed by atoms with Gasteiger partial charge in [0, 0.05) is 29.3 Å². The van der Waals surface area contributed by atoms with Gasteiger partial charge < -0.3 is 34.5 Å². The van der Waals surface area contributed by atoms with E-state index >= 15 is 0 Å². The van der Waals surface area contributed by atoms with E-state index in [1.807, 2.05) is 45.2 Å². The predicted molar refractivity (Wildman–Crippen MR) is 230 cm³/mol. The van der Waals surface area contributed by atoms with Crippen molar-refractivity contribution < 1.29 is 46.5 Å². The molecule has 336 valence electrons. The molecule has 4 amide bonds. The second-order valence-corrected chi connectivity index (χ2v) is 21.5. The highest BCUT2D eigenvalue weighted by Gasteiger charge is 2.62. The Morgan fingerprint density at radius 3 is 2.53 bits per heavy atom. The molecular formula is C44H58N6O10S2. The number of fused-ring (bicyclic) bond motifs is 3. The van der Waals surface area contributed by atoms with E-state index < -0.39 is 62.8 Å². The largest absolute Gasteiger partial charge is 0.496 e. The molecule has 4 bridgehead atoms. The predicted octanol–water partition coefficient (Wildman–Crippen LogP) is 5.48. The summed E-state index contributed by atoms with van der Waals surface area (Å²) < 4.78 is 52.7. The number of aryl methyl sites for hydroxylation is 2. The summed E-state index contributed by atoms with van der Waals surface area (Å²) >= 11 is 1.52. The molecule has 18 heteroatoms. The highest BCUT2D eigenvalue weighted by Crippen LogP contribution is 2.47. The van der Waals surface area contributed by atoms with Crippen LogP contribution in [0.2, 0.25) is 0 Å². The molecule has 1 aromatic carbocycles. The first-order valence-corrected chi connectivity index (χ1v) is 24.3. The summed E-state index contributed by atoms with van der Waals surface area (Å²) in [5.74, 6) is -0.936. The standard InChI is InChI=1S/C44H58N6O10S2/c1-6-28-20-44(28,41(53)49-62(55,56)31-13-14-31)48-39(51)34-17-30-21-50(34)40(52)38(26-10-7-8-11-26)47-42(54)59-24-43(3,4)15-9-12-27-16-32-33(18-35(27)57-5)46-37(19-36(32)60-30)58-22-29-23-61-25(2)45-29/h16,18-19,23,26,28,30-31,34,38H,6-15,17,20-22,24H2,1-5H3,(H,47,54)(H,48,51)(H,49,53)/t28-,30+,34-,38-,44?/m0/s1. The van der Waals surface area contributed by atoms with Crippen LogP contribution in [0, 0.1) is 24.2 Å². The molecule has 16 nitrogen and oxygen atoms in total. The van der Waals surface area contributed by atoms with Crippen LogP contribution in [0.25, 0.3) is 10.9 Å². The van der Waals surface area contributed by atoms with Gasteiger partial charge in [-0.3, -0.25) is 19.1 Å². The number of alkyl carbamates (subject to hydrolysis) is 1. The smallest absolute Gasteiger partial charge is 0.407 e. The van der Waals surface area contributed by atoms with Crippen LogP contribution < -0.4 is 29.6 Å². The second-order valence-electron chi connectivity index (χ2n) is 18.5. The summed E-state index contributed by atoms with van der Waals surface area (Å²) in [7, 11) is -2.28. The van der Waals surface area contributed by atoms with Gasteiger partial charge in [-0.2, -0.15) is 0 Å². The number of ether oxygens (including phenoxy) is 4. The maximum absolute atomic E-state index is 15.0. The van der Waals surface area contributed by atoms with Crippen LogP contribution in [-0.2, 0) is 42.2 Å². The van der Waals surface area contributed by atoms with Gasteiger partial charge >= 0.3 is 6.09 Å². The van der Waals surface area contributed by atoms with Crippen LogP contribution in [0.4, 0.5) is 4.79 Å². The zero-order valence-corrected chi connectivity index (χ0v) is 37.8. The molecule has 4 fully saturated rings. The number of carbonyl (C=O) groups excluding carboxylic acids is 4. The lowest BCUT2D eigenvalue weighted by molar-refractivity contribution is -0.142. The minimum absolute atomic E-state index is 0.0164. The number of cyclic esters (lactones) is 1. The molecule has 1 saturated heterocycles. The maximum atomic E-state index is 15.0. The lowest BCUT2D eigenvalue weighted by Gasteiger charge is -2.32. The Balaban J connectivity index is 1.16. The highest BCUT2D eigenvalue weighted by atomic mass is 32.2. The van der Waals surface area contributed by atoms with E-state index in [9.17, 15) is 27.6 Å². The number of methoxy groups -OCH3 is 1. The van der Waals surface area contributed by atoms with Crippen molar-refractivity contribution >= 4 is 56.1 Å². The van der Waals surface area contributed by atoms with Crippen LogP contribution in [0.3, 0.4) is 0 Å². The van der Waals surface area contributed by atoms with Crippen LogP contribution in [0.1, 0.15) is 108 Å². The zero-order chi connectivity index (χ0) is 44.0. The van der Waals surface area contributed by atoms with Gasteiger partial charge in [-0.1, -0.05) is 40.0 Å². The van der Waals surface area contributed by atoms with Gasteiger partial charge in [-0.05, 0) is 87.2 Å². The molecule has 5 atom stereocenters. The number of pyridine rings is 1. The lowest BCUT2D eigenvalue weighted by Crippen LogP contribution is -2.59. The van der Waals surface area contributed by atoms with E-state index in [4.69, 9.17) is 23.9 Å². The maximum Gasteiger partial charge on any atom is 0.407 e. The Bertz CT molecular complexity index is 2330. The van der Waals surface area contributed by atoms with E-state index in [2.05, 4.69) is 20.3 Å². The molecule has 8 rings (SSSR count). The quantitative estimate of drug-likeness (QED) is 0.219. The number of nitrogens with one attached hydrogen (secondary N) is 3. The number of hydrogen-bond donors (Lipinski definition) is 3. The molecule has 1 unspecified atom stereocenters. The van der Waals surface area contributed by atoms with Crippen molar-refractivity contribution in [2.75, 3.05) is 20.3 Å². The Hall–Kier alpha value is -4.71. The van der Waals surface area contributed by atoms with Gasteiger partial charge in [0.1, 0.15) is 41.8 Å². The fourth-order valence-electron chi connectivity index (χ4n) is 9.38. The number of amides is 4. The molecule has 62 heavy (non-hydrogen) atoms. The topological polar surface area (TPSA) is 204 Å². The van der Waals surface area contributed by atoms with Crippen LogP contribution in [0.5, 0.6) is 17.4 Å². The van der Waals surface area contributed by atoms with E-state index in [-0.39, 0.29) is 55.7 Å². The van der Waals surface area contributed by atoms with Crippen molar-refractivity contribution in [1.29, 1.82) is 0 Å². The van der Waals surface area contributed by atoms with Gasteiger partial charge in [0.2, 0.25) is 27.7 Å². The summed E-state index contributed by atoms with van der Waals surface area (Å²) in [6.07, 6.45) is 5.70. The molecule has 4 heterocycles. The van der Waals surface area contributed by atoms with Gasteiger partial charge in [0.15, 0.2) is 0 Å². The van der Waals surface area contributed by atoms with Gasteiger partial charge in [-0.15, -0.1) is 11.3 Å². The first-order valence-electron chi connectivity index (χ1n) is 21.9. The van der Waals surface area contributed by atoms with Gasteiger partial charge in [-0.25, -0.2) is 23.2 Å². The average Bonchev–Trinajstić information content (AvgIpc) is 4.03. The minimum atomic E-state index is -3.89. The Kier molecular flexibility index (Phi) is 12.4.